The molecule has 5 heteroatoms. The number of carbonyl (C=O) groups excluding carboxylic acids is 2. The minimum Gasteiger partial charge on any atom is -0.444 e. The van der Waals surface area contributed by atoms with Gasteiger partial charge in [0.05, 0.1) is 0 Å². The van der Waals surface area contributed by atoms with Crippen molar-refractivity contribution in [2.75, 3.05) is 12.8 Å². The summed E-state index contributed by atoms with van der Waals surface area (Å²) in [7, 11) is 0. The highest BCUT2D eigenvalue weighted by atomic mass is 32.2. The van der Waals surface area contributed by atoms with E-state index in [0.717, 1.165) is 31.3 Å². The highest BCUT2D eigenvalue weighted by Gasteiger charge is 2.17. The molecule has 1 rings (SSSR count). The standard InChI is InChI=1S/C16H25NO3S/c1-16(2,3)20-15(19)17-11-7-9-13(18)12-8-5-6-10-14(12)21-4/h7,9H,5-6,8,10-11H2,1-4H3,(H,17,19)/b9-7+. The minimum atomic E-state index is -0.510. The first-order valence-corrected chi connectivity index (χ1v) is 8.49. The molecule has 0 aromatic carbocycles. The van der Waals surface area contributed by atoms with Crippen molar-refractivity contribution in [1.82, 2.24) is 5.32 Å². The number of amides is 1. The molecule has 0 saturated heterocycles. The van der Waals surface area contributed by atoms with Gasteiger partial charge in [0.2, 0.25) is 0 Å². The molecule has 1 aliphatic rings. The molecular formula is C16H25NO3S. The van der Waals surface area contributed by atoms with Gasteiger partial charge in [-0.1, -0.05) is 6.08 Å². The molecule has 0 fully saturated rings. The number of ketones is 1. The van der Waals surface area contributed by atoms with E-state index in [2.05, 4.69) is 5.32 Å². The number of thioether (sulfide) groups is 1. The summed E-state index contributed by atoms with van der Waals surface area (Å²) in [5, 5.41) is 2.60. The maximum atomic E-state index is 12.1. The largest absolute Gasteiger partial charge is 0.444 e. The quantitative estimate of drug-likeness (QED) is 0.784. The van der Waals surface area contributed by atoms with Crippen LogP contribution in [0.2, 0.25) is 0 Å². The average Bonchev–Trinajstić information content (AvgIpc) is 2.41. The Hall–Kier alpha value is -1.23. The summed E-state index contributed by atoms with van der Waals surface area (Å²) < 4.78 is 5.11. The summed E-state index contributed by atoms with van der Waals surface area (Å²) in [5.41, 5.74) is 0.423. The fourth-order valence-electron chi connectivity index (χ4n) is 2.09. The van der Waals surface area contributed by atoms with Gasteiger partial charge in [-0.3, -0.25) is 4.79 Å². The van der Waals surface area contributed by atoms with Crippen LogP contribution in [0.4, 0.5) is 4.79 Å². The van der Waals surface area contributed by atoms with Crippen molar-refractivity contribution in [2.45, 2.75) is 52.1 Å². The lowest BCUT2D eigenvalue weighted by atomic mass is 9.96. The van der Waals surface area contributed by atoms with E-state index in [1.54, 1.807) is 23.9 Å². The number of hydrogen-bond acceptors (Lipinski definition) is 4. The fourth-order valence-corrected chi connectivity index (χ4v) is 2.88. The number of allylic oxidation sites excluding steroid dienone is 3. The molecule has 0 spiro atoms. The maximum absolute atomic E-state index is 12.1. The SMILES string of the molecule is CSC1=C(C(=O)/C=C/CNC(=O)OC(C)(C)C)CCCC1. The summed E-state index contributed by atoms with van der Waals surface area (Å²) in [6, 6.07) is 0. The molecular weight excluding hydrogens is 286 g/mol. The van der Waals surface area contributed by atoms with Gasteiger partial charge in [-0.2, -0.15) is 0 Å². The second-order valence-corrected chi connectivity index (χ2v) is 6.86. The predicted octanol–water partition coefficient (Wildman–Crippen LogP) is 3.83. The fraction of sp³-hybridized carbons (Fsp3) is 0.625. The van der Waals surface area contributed by atoms with Crippen LogP contribution in [0.5, 0.6) is 0 Å². The van der Waals surface area contributed by atoms with Gasteiger partial charge in [0, 0.05) is 12.1 Å². The molecule has 0 bridgehead atoms. The van der Waals surface area contributed by atoms with Crippen LogP contribution in [-0.2, 0) is 9.53 Å². The molecule has 0 aromatic rings. The molecule has 21 heavy (non-hydrogen) atoms. The van der Waals surface area contributed by atoms with E-state index in [1.165, 1.54) is 4.91 Å². The third-order valence-corrected chi connectivity index (χ3v) is 3.94. The van der Waals surface area contributed by atoms with E-state index < -0.39 is 11.7 Å². The second-order valence-electron chi connectivity index (χ2n) is 5.96. The second kappa shape index (κ2) is 8.27. The third-order valence-electron chi connectivity index (χ3n) is 2.99. The van der Waals surface area contributed by atoms with Gasteiger partial charge < -0.3 is 10.1 Å². The first-order valence-electron chi connectivity index (χ1n) is 7.27. The number of rotatable bonds is 5. The van der Waals surface area contributed by atoms with Crippen molar-refractivity contribution in [3.63, 3.8) is 0 Å². The van der Waals surface area contributed by atoms with E-state index in [0.29, 0.717) is 6.54 Å². The number of ether oxygens (including phenoxy) is 1. The lowest BCUT2D eigenvalue weighted by molar-refractivity contribution is -0.111. The van der Waals surface area contributed by atoms with E-state index in [-0.39, 0.29) is 5.78 Å². The van der Waals surface area contributed by atoms with Crippen molar-refractivity contribution in [2.24, 2.45) is 0 Å². The Balaban J connectivity index is 2.44. The Labute approximate surface area is 131 Å². The molecule has 0 saturated carbocycles. The van der Waals surface area contributed by atoms with Gasteiger partial charge in [-0.05, 0) is 63.7 Å². The molecule has 0 aliphatic heterocycles. The van der Waals surface area contributed by atoms with E-state index in [9.17, 15) is 9.59 Å². The zero-order valence-corrected chi connectivity index (χ0v) is 14.1. The van der Waals surface area contributed by atoms with Crippen LogP contribution in [0.1, 0.15) is 46.5 Å². The molecule has 0 unspecified atom stereocenters. The van der Waals surface area contributed by atoms with Crippen LogP contribution in [0.25, 0.3) is 0 Å². The minimum absolute atomic E-state index is 0.0602. The first kappa shape index (κ1) is 17.8. The van der Waals surface area contributed by atoms with Crippen LogP contribution < -0.4 is 5.32 Å². The van der Waals surface area contributed by atoms with Gasteiger partial charge in [0.25, 0.3) is 0 Å². The Morgan fingerprint density at radius 2 is 1.95 bits per heavy atom. The van der Waals surface area contributed by atoms with Crippen LogP contribution in [0, 0.1) is 0 Å². The smallest absolute Gasteiger partial charge is 0.407 e. The molecule has 0 radical (unpaired) electrons. The molecule has 4 nitrogen and oxygen atoms in total. The summed E-state index contributed by atoms with van der Waals surface area (Å²) in [6.07, 6.45) is 8.88. The zero-order chi connectivity index (χ0) is 15.9. The normalized spacial score (nSPS) is 16.2. The molecule has 118 valence electrons. The van der Waals surface area contributed by atoms with Gasteiger partial charge in [0.15, 0.2) is 5.78 Å². The topological polar surface area (TPSA) is 55.4 Å². The molecule has 1 aliphatic carbocycles. The molecule has 0 heterocycles. The molecule has 0 aromatic heterocycles. The van der Waals surface area contributed by atoms with Crippen LogP contribution in [-0.4, -0.2) is 30.3 Å². The molecule has 1 amide bonds. The Bertz CT molecular complexity index is 447. The van der Waals surface area contributed by atoms with Crippen LogP contribution in [0.15, 0.2) is 22.6 Å². The Kier molecular flexibility index (Phi) is 7.02. The average molecular weight is 311 g/mol. The predicted molar refractivity (Wildman–Crippen MR) is 87.4 cm³/mol. The molecule has 0 atom stereocenters. The van der Waals surface area contributed by atoms with Crippen molar-refractivity contribution in [3.8, 4) is 0 Å². The van der Waals surface area contributed by atoms with E-state index >= 15 is 0 Å². The monoisotopic (exact) mass is 311 g/mol. The lowest BCUT2D eigenvalue weighted by Crippen LogP contribution is -2.32. The van der Waals surface area contributed by atoms with Gasteiger partial charge in [-0.15, -0.1) is 11.8 Å². The summed E-state index contributed by atoms with van der Waals surface area (Å²) in [4.78, 5) is 24.8. The van der Waals surface area contributed by atoms with Crippen LogP contribution in [0.3, 0.4) is 0 Å². The number of nitrogens with one attached hydrogen (secondary N) is 1. The van der Waals surface area contributed by atoms with Crippen molar-refractivity contribution in [3.05, 3.63) is 22.6 Å². The van der Waals surface area contributed by atoms with E-state index in [4.69, 9.17) is 4.74 Å². The van der Waals surface area contributed by atoms with Gasteiger partial charge in [0.1, 0.15) is 5.60 Å². The van der Waals surface area contributed by atoms with Crippen LogP contribution >= 0.6 is 11.8 Å². The summed E-state index contributed by atoms with van der Waals surface area (Å²) in [6.45, 7) is 5.73. The summed E-state index contributed by atoms with van der Waals surface area (Å²) >= 11 is 1.67. The van der Waals surface area contributed by atoms with Gasteiger partial charge in [-0.25, -0.2) is 4.79 Å². The number of carbonyl (C=O) groups is 2. The molecule has 1 N–H and O–H groups in total. The third kappa shape index (κ3) is 6.85. The summed E-state index contributed by atoms with van der Waals surface area (Å²) in [5.74, 6) is 0.0602. The number of alkyl carbamates (subject to hydrolysis) is 1. The van der Waals surface area contributed by atoms with Crippen molar-refractivity contribution in [1.29, 1.82) is 0 Å². The Morgan fingerprint density at radius 1 is 1.29 bits per heavy atom. The number of hydrogen-bond donors (Lipinski definition) is 1. The highest BCUT2D eigenvalue weighted by Crippen LogP contribution is 2.31. The zero-order valence-electron chi connectivity index (χ0n) is 13.3. The lowest BCUT2D eigenvalue weighted by Gasteiger charge is -2.19. The Morgan fingerprint density at radius 3 is 2.57 bits per heavy atom. The first-order chi connectivity index (χ1) is 9.83. The van der Waals surface area contributed by atoms with Crippen molar-refractivity contribution < 1.29 is 14.3 Å². The van der Waals surface area contributed by atoms with Crippen molar-refractivity contribution >= 4 is 23.6 Å². The van der Waals surface area contributed by atoms with E-state index in [1.807, 2.05) is 27.0 Å². The van der Waals surface area contributed by atoms with Gasteiger partial charge >= 0.3 is 6.09 Å². The highest BCUT2D eigenvalue weighted by molar-refractivity contribution is 8.02. The maximum Gasteiger partial charge on any atom is 0.407 e.